The largest absolute Gasteiger partial charge is 0.383 e. The van der Waals surface area contributed by atoms with Crippen LogP contribution in [0.15, 0.2) is 18.5 Å². The van der Waals surface area contributed by atoms with Crippen LogP contribution in [0.1, 0.15) is 18.9 Å². The number of anilines is 1. The molecule has 1 N–H and O–H groups in total. The Morgan fingerprint density at radius 3 is 3.20 bits per heavy atom. The summed E-state index contributed by atoms with van der Waals surface area (Å²) in [6.45, 7) is 4.25. The van der Waals surface area contributed by atoms with E-state index in [-0.39, 0.29) is 0 Å². The minimum Gasteiger partial charge on any atom is -0.383 e. The number of hydrogen-bond acceptors (Lipinski definition) is 4. The van der Waals surface area contributed by atoms with Crippen molar-refractivity contribution in [2.75, 3.05) is 25.1 Å². The molecule has 1 aromatic rings. The molecule has 1 rings (SSSR count). The molecule has 1 aromatic heterocycles. The molecule has 0 fully saturated rings. The monoisotopic (exact) mass is 205 g/mol. The van der Waals surface area contributed by atoms with Gasteiger partial charge in [0.1, 0.15) is 6.07 Å². The van der Waals surface area contributed by atoms with Crippen LogP contribution in [0.5, 0.6) is 0 Å². The Morgan fingerprint density at radius 2 is 2.47 bits per heavy atom. The number of aromatic nitrogens is 1. The van der Waals surface area contributed by atoms with E-state index >= 15 is 0 Å². The minimum absolute atomic E-state index is 0.626. The lowest BCUT2D eigenvalue weighted by atomic mass is 10.2. The molecule has 0 aliphatic heterocycles. The van der Waals surface area contributed by atoms with E-state index in [1.807, 2.05) is 6.92 Å². The summed E-state index contributed by atoms with van der Waals surface area (Å²) >= 11 is 0. The zero-order chi connectivity index (χ0) is 10.9. The van der Waals surface area contributed by atoms with Crippen molar-refractivity contribution in [3.63, 3.8) is 0 Å². The molecule has 4 nitrogen and oxygen atoms in total. The third kappa shape index (κ3) is 3.96. The second-order valence-corrected chi connectivity index (χ2v) is 3.01. The molecule has 0 aromatic carbocycles. The van der Waals surface area contributed by atoms with E-state index in [0.29, 0.717) is 5.56 Å². The smallest absolute Gasteiger partial charge is 0.101 e. The zero-order valence-corrected chi connectivity index (χ0v) is 8.86. The van der Waals surface area contributed by atoms with Gasteiger partial charge < -0.3 is 10.1 Å². The predicted octanol–water partition coefficient (Wildman–Crippen LogP) is 1.79. The van der Waals surface area contributed by atoms with E-state index in [9.17, 15) is 0 Å². The average molecular weight is 205 g/mol. The highest BCUT2D eigenvalue weighted by molar-refractivity contribution is 5.55. The van der Waals surface area contributed by atoms with E-state index in [2.05, 4.69) is 16.4 Å². The first kappa shape index (κ1) is 11.5. The van der Waals surface area contributed by atoms with Crippen LogP contribution in [0.25, 0.3) is 0 Å². The van der Waals surface area contributed by atoms with Gasteiger partial charge in [0.2, 0.25) is 0 Å². The van der Waals surface area contributed by atoms with Gasteiger partial charge in [0, 0.05) is 26.0 Å². The first-order chi connectivity index (χ1) is 7.38. The Morgan fingerprint density at radius 1 is 1.60 bits per heavy atom. The first-order valence-corrected chi connectivity index (χ1v) is 5.04. The van der Waals surface area contributed by atoms with Gasteiger partial charge in [-0.05, 0) is 19.4 Å². The summed E-state index contributed by atoms with van der Waals surface area (Å²) in [4.78, 5) is 3.96. The second kappa shape index (κ2) is 6.80. The summed E-state index contributed by atoms with van der Waals surface area (Å²) in [7, 11) is 0. The van der Waals surface area contributed by atoms with Crippen LogP contribution < -0.4 is 5.32 Å². The molecule has 0 saturated carbocycles. The number of pyridine rings is 1. The fourth-order valence-electron chi connectivity index (χ4n) is 1.17. The van der Waals surface area contributed by atoms with Crippen molar-refractivity contribution < 1.29 is 4.74 Å². The SMILES string of the molecule is CCOCCCNc1cnccc1C#N. The standard InChI is InChI=1S/C11H15N3O/c1-2-15-7-3-5-14-11-9-13-6-4-10(11)8-12/h4,6,9,14H,2-3,5,7H2,1H3. The number of ether oxygens (including phenoxy) is 1. The summed E-state index contributed by atoms with van der Waals surface area (Å²) in [5.41, 5.74) is 1.41. The van der Waals surface area contributed by atoms with E-state index in [1.165, 1.54) is 0 Å². The summed E-state index contributed by atoms with van der Waals surface area (Å²) in [5, 5.41) is 12.0. The lowest BCUT2D eigenvalue weighted by Gasteiger charge is -2.06. The number of nitrogens with zero attached hydrogens (tertiary/aromatic N) is 2. The third-order valence-corrected chi connectivity index (χ3v) is 1.93. The number of nitrogens with one attached hydrogen (secondary N) is 1. The topological polar surface area (TPSA) is 57.9 Å². The van der Waals surface area contributed by atoms with Crippen molar-refractivity contribution in [3.05, 3.63) is 24.0 Å². The average Bonchev–Trinajstić information content (AvgIpc) is 2.29. The Balaban J connectivity index is 2.34. The number of rotatable bonds is 6. The van der Waals surface area contributed by atoms with Crippen LogP contribution in [0.2, 0.25) is 0 Å². The first-order valence-electron chi connectivity index (χ1n) is 5.04. The molecule has 1 heterocycles. The molecular weight excluding hydrogens is 190 g/mol. The summed E-state index contributed by atoms with van der Waals surface area (Å²) < 4.78 is 5.21. The van der Waals surface area contributed by atoms with Crippen molar-refractivity contribution in [2.45, 2.75) is 13.3 Å². The normalized spacial score (nSPS) is 9.60. The number of nitriles is 1. The second-order valence-electron chi connectivity index (χ2n) is 3.01. The lowest BCUT2D eigenvalue weighted by Crippen LogP contribution is -2.06. The molecule has 0 saturated heterocycles. The van der Waals surface area contributed by atoms with Gasteiger partial charge in [0.15, 0.2) is 0 Å². The lowest BCUT2D eigenvalue weighted by molar-refractivity contribution is 0.147. The maximum absolute atomic E-state index is 8.82. The van der Waals surface area contributed by atoms with Gasteiger partial charge in [-0.15, -0.1) is 0 Å². The van der Waals surface area contributed by atoms with Crippen molar-refractivity contribution in [3.8, 4) is 6.07 Å². The van der Waals surface area contributed by atoms with E-state index in [1.54, 1.807) is 18.5 Å². The van der Waals surface area contributed by atoms with E-state index in [4.69, 9.17) is 10.00 Å². The quantitative estimate of drug-likeness (QED) is 0.719. The van der Waals surface area contributed by atoms with Crippen LogP contribution in [0.4, 0.5) is 5.69 Å². The third-order valence-electron chi connectivity index (χ3n) is 1.93. The molecule has 4 heteroatoms. The van der Waals surface area contributed by atoms with Crippen LogP contribution in [-0.2, 0) is 4.74 Å². The molecule has 0 amide bonds. The molecule has 0 atom stereocenters. The highest BCUT2D eigenvalue weighted by Crippen LogP contribution is 2.11. The van der Waals surface area contributed by atoms with Crippen molar-refractivity contribution >= 4 is 5.69 Å². The van der Waals surface area contributed by atoms with Crippen LogP contribution in [0, 0.1) is 11.3 Å². The number of hydrogen-bond donors (Lipinski definition) is 1. The molecule has 0 spiro atoms. The fraction of sp³-hybridized carbons (Fsp3) is 0.455. The van der Waals surface area contributed by atoms with E-state index in [0.717, 1.165) is 31.9 Å². The summed E-state index contributed by atoms with van der Waals surface area (Å²) in [6.07, 6.45) is 4.21. The van der Waals surface area contributed by atoms with Gasteiger partial charge in [0.05, 0.1) is 17.4 Å². The van der Waals surface area contributed by atoms with Gasteiger partial charge in [-0.25, -0.2) is 0 Å². The van der Waals surface area contributed by atoms with Crippen LogP contribution in [-0.4, -0.2) is 24.7 Å². The van der Waals surface area contributed by atoms with Gasteiger partial charge in [-0.2, -0.15) is 5.26 Å². The molecule has 0 unspecified atom stereocenters. The predicted molar refractivity (Wildman–Crippen MR) is 58.6 cm³/mol. The molecule has 15 heavy (non-hydrogen) atoms. The Bertz CT molecular complexity index is 333. The van der Waals surface area contributed by atoms with E-state index < -0.39 is 0 Å². The Kier molecular flexibility index (Phi) is 5.20. The molecule has 0 bridgehead atoms. The van der Waals surface area contributed by atoms with Gasteiger partial charge in [-0.1, -0.05) is 0 Å². The van der Waals surface area contributed by atoms with Gasteiger partial charge in [0.25, 0.3) is 0 Å². The van der Waals surface area contributed by atoms with Crippen LogP contribution in [0.3, 0.4) is 0 Å². The van der Waals surface area contributed by atoms with Crippen LogP contribution >= 0.6 is 0 Å². The zero-order valence-electron chi connectivity index (χ0n) is 8.86. The van der Waals surface area contributed by atoms with Crippen molar-refractivity contribution in [1.29, 1.82) is 5.26 Å². The summed E-state index contributed by atoms with van der Waals surface area (Å²) in [6, 6.07) is 3.81. The minimum atomic E-state index is 0.626. The van der Waals surface area contributed by atoms with Crippen molar-refractivity contribution in [2.24, 2.45) is 0 Å². The fourth-order valence-corrected chi connectivity index (χ4v) is 1.17. The maximum atomic E-state index is 8.82. The molecule has 0 radical (unpaired) electrons. The Hall–Kier alpha value is -1.60. The highest BCUT2D eigenvalue weighted by Gasteiger charge is 1.99. The molecule has 0 aliphatic rings. The van der Waals surface area contributed by atoms with Gasteiger partial charge in [-0.3, -0.25) is 4.98 Å². The van der Waals surface area contributed by atoms with Gasteiger partial charge >= 0.3 is 0 Å². The summed E-state index contributed by atoms with van der Waals surface area (Å²) in [5.74, 6) is 0. The van der Waals surface area contributed by atoms with Crippen molar-refractivity contribution in [1.82, 2.24) is 4.98 Å². The molecule has 0 aliphatic carbocycles. The Labute approximate surface area is 89.9 Å². The maximum Gasteiger partial charge on any atom is 0.101 e. The molecule has 80 valence electrons. The molecular formula is C11H15N3O. The highest BCUT2D eigenvalue weighted by atomic mass is 16.5.